The fourth-order valence-corrected chi connectivity index (χ4v) is 0.714. The first-order chi connectivity index (χ1) is 8.92. The summed E-state index contributed by atoms with van der Waals surface area (Å²) in [5, 5.41) is 49.2. The van der Waals surface area contributed by atoms with Crippen molar-refractivity contribution < 1.29 is 45.4 Å². The number of carbonyl (C=O) groups is 3. The highest BCUT2D eigenvalue weighted by Gasteiger charge is 2.40. The van der Waals surface area contributed by atoms with Gasteiger partial charge in [-0.2, -0.15) is 5.26 Å². The summed E-state index contributed by atoms with van der Waals surface area (Å²) >= 11 is 0. The highest BCUT2D eigenvalue weighted by Crippen LogP contribution is 2.15. The maximum Gasteiger partial charge on any atom is 0.336 e. The van der Waals surface area contributed by atoms with E-state index >= 15 is 0 Å². The lowest BCUT2D eigenvalue weighted by Crippen LogP contribution is -2.42. The maximum absolute atomic E-state index is 10.3. The van der Waals surface area contributed by atoms with E-state index in [0.717, 1.165) is 0 Å². The predicted molar refractivity (Wildman–Crippen MR) is 69.3 cm³/mol. The Hall–Kier alpha value is -2.22. The molecule has 0 radical (unpaired) electrons. The van der Waals surface area contributed by atoms with Gasteiger partial charge in [0, 0.05) is 13.0 Å². The molecular formula is C11H21NO9. The molecule has 0 fully saturated rings. The molecule has 10 nitrogen and oxygen atoms in total. The van der Waals surface area contributed by atoms with Crippen molar-refractivity contribution in [3.8, 4) is 6.07 Å². The molecule has 0 spiro atoms. The van der Waals surface area contributed by atoms with E-state index in [1.54, 1.807) is 19.9 Å². The summed E-state index contributed by atoms with van der Waals surface area (Å²) in [6, 6.07) is 1.75. The summed E-state index contributed by atoms with van der Waals surface area (Å²) < 4.78 is 0. The van der Waals surface area contributed by atoms with E-state index < -0.39 is 36.4 Å². The second-order valence-corrected chi connectivity index (χ2v) is 3.80. The summed E-state index contributed by atoms with van der Waals surface area (Å²) in [7, 11) is 0. The quantitative estimate of drug-likeness (QED) is 0.414. The van der Waals surface area contributed by atoms with E-state index in [-0.39, 0.29) is 11.6 Å². The Morgan fingerprint density at radius 3 is 1.38 bits per heavy atom. The fraction of sp³-hybridized carbons (Fsp3) is 0.636. The van der Waals surface area contributed by atoms with E-state index in [2.05, 4.69) is 0 Å². The third kappa shape index (κ3) is 23.3. The molecule has 0 aliphatic rings. The Morgan fingerprint density at radius 1 is 1.10 bits per heavy atom. The largest absolute Gasteiger partial charge is 0.481 e. The minimum atomic E-state index is -2.74. The van der Waals surface area contributed by atoms with Crippen molar-refractivity contribution in [2.45, 2.75) is 45.3 Å². The van der Waals surface area contributed by atoms with Crippen molar-refractivity contribution in [1.29, 1.82) is 5.26 Å². The number of nitriles is 1. The summed E-state index contributed by atoms with van der Waals surface area (Å²) in [6.07, 6.45) is -2.46. The Labute approximate surface area is 121 Å². The van der Waals surface area contributed by atoms with Crippen molar-refractivity contribution in [2.24, 2.45) is 0 Å². The van der Waals surface area contributed by atoms with Crippen LogP contribution in [0.15, 0.2) is 0 Å². The van der Waals surface area contributed by atoms with Crippen LogP contribution >= 0.6 is 0 Å². The van der Waals surface area contributed by atoms with Gasteiger partial charge in [-0.15, -0.1) is 0 Å². The number of aliphatic hydroxyl groups excluding tert-OH is 1. The number of hydrogen-bond donors (Lipinski definition) is 5. The number of aliphatic hydroxyl groups is 2. The highest BCUT2D eigenvalue weighted by molar-refractivity contribution is 5.88. The molecule has 0 aromatic rings. The summed E-state index contributed by atoms with van der Waals surface area (Å²) in [5.41, 5.74) is -2.74. The van der Waals surface area contributed by atoms with Crippen LogP contribution in [-0.4, -0.2) is 60.6 Å². The topological polar surface area (TPSA) is 208 Å². The smallest absolute Gasteiger partial charge is 0.336 e. The lowest BCUT2D eigenvalue weighted by atomic mass is 9.96. The number of carboxylic acid groups (broad SMARTS) is 3. The van der Waals surface area contributed by atoms with Crippen molar-refractivity contribution in [3.63, 3.8) is 0 Å². The predicted octanol–water partition coefficient (Wildman–Crippen LogP) is -1.16. The number of rotatable bonds is 5. The van der Waals surface area contributed by atoms with Gasteiger partial charge < -0.3 is 31.0 Å². The Kier molecular flexibility index (Phi) is 18.4. The van der Waals surface area contributed by atoms with Gasteiger partial charge in [0.1, 0.15) is 0 Å². The van der Waals surface area contributed by atoms with Gasteiger partial charge in [-0.05, 0) is 13.8 Å². The van der Waals surface area contributed by atoms with Crippen LogP contribution < -0.4 is 0 Å². The number of hydrogen-bond acceptors (Lipinski definition) is 6. The first-order valence-corrected chi connectivity index (χ1v) is 5.31. The highest BCUT2D eigenvalue weighted by atomic mass is 16.4. The minimum absolute atomic E-state index is 0. The number of aliphatic carboxylic acids is 3. The van der Waals surface area contributed by atoms with E-state index in [1.807, 2.05) is 0 Å². The Bertz CT molecular complexity index is 340. The monoisotopic (exact) mass is 311 g/mol. The van der Waals surface area contributed by atoms with Gasteiger partial charge in [-0.1, -0.05) is 0 Å². The molecular weight excluding hydrogens is 290 g/mol. The zero-order valence-corrected chi connectivity index (χ0v) is 11.9. The molecule has 0 heterocycles. The van der Waals surface area contributed by atoms with Crippen molar-refractivity contribution in [3.05, 3.63) is 0 Å². The molecule has 0 amide bonds. The van der Waals surface area contributed by atoms with Crippen LogP contribution in [0.5, 0.6) is 0 Å². The second kappa shape index (κ2) is 14.2. The molecule has 0 bridgehead atoms. The first-order valence-electron chi connectivity index (χ1n) is 5.31. The van der Waals surface area contributed by atoms with Gasteiger partial charge in [0.05, 0.1) is 18.9 Å². The molecule has 0 aromatic heterocycles. The first kappa shape index (κ1) is 27.2. The maximum atomic E-state index is 10.3. The van der Waals surface area contributed by atoms with Gasteiger partial charge in [0.25, 0.3) is 0 Å². The van der Waals surface area contributed by atoms with Crippen LogP contribution in [0.25, 0.3) is 0 Å². The van der Waals surface area contributed by atoms with Gasteiger partial charge in [0.15, 0.2) is 5.60 Å². The van der Waals surface area contributed by atoms with Crippen LogP contribution in [0, 0.1) is 11.3 Å². The zero-order chi connectivity index (χ0) is 16.9. The zero-order valence-electron chi connectivity index (χ0n) is 11.9. The van der Waals surface area contributed by atoms with Crippen LogP contribution in [0.1, 0.15) is 33.6 Å². The van der Waals surface area contributed by atoms with Gasteiger partial charge in [-0.3, -0.25) is 9.59 Å². The lowest BCUT2D eigenvalue weighted by Gasteiger charge is -2.18. The summed E-state index contributed by atoms with van der Waals surface area (Å²) in [4.78, 5) is 30.5. The van der Waals surface area contributed by atoms with E-state index in [0.29, 0.717) is 0 Å². The molecule has 21 heavy (non-hydrogen) atoms. The van der Waals surface area contributed by atoms with Gasteiger partial charge in [-0.25, -0.2) is 4.79 Å². The molecule has 124 valence electrons. The van der Waals surface area contributed by atoms with Crippen LogP contribution in [0.4, 0.5) is 0 Å². The molecule has 0 saturated heterocycles. The standard InChI is InChI=1S/C6H8O7.C3H8O.C2H3N.H2O/c7-3(8)1-6(13,5(11)12)2-4(9)10;1-3(2)4;1-2-3;/h13H,1-2H2,(H,7,8)(H,9,10)(H,11,12);3-4H,1-2H3;1H3;1H2. The van der Waals surface area contributed by atoms with Crippen molar-refractivity contribution >= 4 is 17.9 Å². The Balaban J connectivity index is -0.000000152. The van der Waals surface area contributed by atoms with Crippen LogP contribution in [-0.2, 0) is 14.4 Å². The van der Waals surface area contributed by atoms with Crippen LogP contribution in [0.2, 0.25) is 0 Å². The number of nitrogens with zero attached hydrogens (tertiary/aromatic N) is 1. The minimum Gasteiger partial charge on any atom is -0.481 e. The fourth-order valence-electron chi connectivity index (χ4n) is 0.714. The molecule has 0 aliphatic carbocycles. The summed E-state index contributed by atoms with van der Waals surface area (Å²) in [5.74, 6) is -5.02. The molecule has 0 atom stereocenters. The molecule has 0 rings (SSSR count). The average Bonchev–Trinajstić information content (AvgIpc) is 2.14. The third-order valence-electron chi connectivity index (χ3n) is 1.29. The molecule has 0 unspecified atom stereocenters. The number of carboxylic acids is 3. The molecule has 0 aromatic carbocycles. The third-order valence-corrected chi connectivity index (χ3v) is 1.29. The summed E-state index contributed by atoms with van der Waals surface area (Å²) in [6.45, 7) is 4.88. The van der Waals surface area contributed by atoms with Gasteiger partial charge in [0.2, 0.25) is 0 Å². The molecule has 7 N–H and O–H groups in total. The van der Waals surface area contributed by atoms with Crippen molar-refractivity contribution in [1.82, 2.24) is 0 Å². The molecule has 0 aliphatic heterocycles. The Morgan fingerprint density at radius 2 is 1.29 bits per heavy atom. The normalized spacial score (nSPS) is 8.81. The van der Waals surface area contributed by atoms with Crippen molar-refractivity contribution in [2.75, 3.05) is 0 Å². The van der Waals surface area contributed by atoms with Crippen LogP contribution in [0.3, 0.4) is 0 Å². The second-order valence-electron chi connectivity index (χ2n) is 3.80. The van der Waals surface area contributed by atoms with E-state index in [9.17, 15) is 14.4 Å². The van der Waals surface area contributed by atoms with E-state index in [4.69, 9.17) is 30.8 Å². The lowest BCUT2D eigenvalue weighted by molar-refractivity contribution is -0.170. The SMILES string of the molecule is CC#N.CC(C)O.O.O=C(O)CC(O)(CC(=O)O)C(=O)O. The van der Waals surface area contributed by atoms with E-state index in [1.165, 1.54) is 6.92 Å². The molecule has 10 heteroatoms. The molecule has 0 saturated carbocycles. The average molecular weight is 311 g/mol. The van der Waals surface area contributed by atoms with Gasteiger partial charge >= 0.3 is 17.9 Å².